The number of benzene rings is 2. The molecule has 6 nitrogen and oxygen atoms in total. The third-order valence-corrected chi connectivity index (χ3v) is 6.90. The van der Waals surface area contributed by atoms with E-state index in [1.807, 2.05) is 54.6 Å². The first-order valence-corrected chi connectivity index (χ1v) is 11.1. The number of carbonyl (C=O) groups excluding carboxylic acids is 1. The number of hydrogen-bond donors (Lipinski definition) is 2. The second kappa shape index (κ2) is 9.32. The van der Waals surface area contributed by atoms with Gasteiger partial charge in [0.2, 0.25) is 15.9 Å². The van der Waals surface area contributed by atoms with E-state index in [1.54, 1.807) is 0 Å². The lowest BCUT2D eigenvalue weighted by molar-refractivity contribution is -0.126. The molecule has 7 heteroatoms. The fourth-order valence-electron chi connectivity index (χ4n) is 3.44. The highest BCUT2D eigenvalue weighted by molar-refractivity contribution is 7.88. The number of piperidine rings is 1. The van der Waals surface area contributed by atoms with Gasteiger partial charge in [-0.05, 0) is 29.5 Å². The van der Waals surface area contributed by atoms with Crippen LogP contribution in [-0.4, -0.2) is 36.8 Å². The number of hydrogen-bond acceptors (Lipinski definition) is 4. The Morgan fingerprint density at radius 2 is 1.64 bits per heavy atom. The summed E-state index contributed by atoms with van der Waals surface area (Å²) in [6.07, 6.45) is 1.05. The number of aliphatic hydroxyl groups excluding tert-OH is 1. The van der Waals surface area contributed by atoms with Crippen molar-refractivity contribution in [2.75, 3.05) is 13.1 Å². The molecule has 1 aliphatic rings. The molecule has 0 unspecified atom stereocenters. The van der Waals surface area contributed by atoms with Gasteiger partial charge in [0.1, 0.15) is 0 Å². The number of rotatable bonds is 7. The molecule has 0 saturated carbocycles. The fraction of sp³-hybridized carbons (Fsp3) is 0.381. The van der Waals surface area contributed by atoms with E-state index in [-0.39, 0.29) is 24.2 Å². The normalized spacial score (nSPS) is 16.0. The molecule has 1 fully saturated rings. The summed E-state index contributed by atoms with van der Waals surface area (Å²) in [7, 11) is -3.37. The highest BCUT2D eigenvalue weighted by atomic mass is 32.2. The van der Waals surface area contributed by atoms with Gasteiger partial charge in [0.25, 0.3) is 0 Å². The minimum absolute atomic E-state index is 0.00803. The molecule has 0 radical (unpaired) electrons. The van der Waals surface area contributed by atoms with E-state index in [0.717, 1.165) is 16.7 Å². The largest absolute Gasteiger partial charge is 0.392 e. The van der Waals surface area contributed by atoms with E-state index < -0.39 is 10.0 Å². The first kappa shape index (κ1) is 20.5. The first-order chi connectivity index (χ1) is 13.5. The van der Waals surface area contributed by atoms with Crippen LogP contribution in [-0.2, 0) is 33.7 Å². The van der Waals surface area contributed by atoms with Gasteiger partial charge < -0.3 is 10.4 Å². The average molecular weight is 403 g/mol. The Balaban J connectivity index is 1.49. The molecule has 1 amide bonds. The van der Waals surface area contributed by atoms with Gasteiger partial charge in [-0.3, -0.25) is 4.79 Å². The quantitative estimate of drug-likeness (QED) is 0.742. The molecule has 1 aliphatic heterocycles. The Morgan fingerprint density at radius 1 is 1.00 bits per heavy atom. The number of carbonyl (C=O) groups is 1. The summed E-state index contributed by atoms with van der Waals surface area (Å²) in [5.74, 6) is -0.231. The maximum Gasteiger partial charge on any atom is 0.223 e. The van der Waals surface area contributed by atoms with Gasteiger partial charge in [-0.15, -0.1) is 0 Å². The minimum Gasteiger partial charge on any atom is -0.392 e. The average Bonchev–Trinajstić information content (AvgIpc) is 2.72. The second-order valence-corrected chi connectivity index (χ2v) is 9.08. The molecule has 2 aromatic carbocycles. The molecule has 0 spiro atoms. The minimum atomic E-state index is -3.37. The Hall–Kier alpha value is -2.22. The lowest BCUT2D eigenvalue weighted by Crippen LogP contribution is -2.43. The monoisotopic (exact) mass is 402 g/mol. The van der Waals surface area contributed by atoms with E-state index in [2.05, 4.69) is 5.32 Å². The van der Waals surface area contributed by atoms with Crippen molar-refractivity contribution in [2.24, 2.45) is 5.92 Å². The van der Waals surface area contributed by atoms with Crippen molar-refractivity contribution in [3.05, 3.63) is 71.3 Å². The molecule has 3 rings (SSSR count). The fourth-order valence-corrected chi connectivity index (χ4v) is 5.01. The lowest BCUT2D eigenvalue weighted by Gasteiger charge is -2.30. The highest BCUT2D eigenvalue weighted by Crippen LogP contribution is 2.22. The van der Waals surface area contributed by atoms with Gasteiger partial charge in [-0.2, -0.15) is 0 Å². The number of nitrogens with one attached hydrogen (secondary N) is 1. The van der Waals surface area contributed by atoms with Crippen LogP contribution in [0.3, 0.4) is 0 Å². The third-order valence-electron chi connectivity index (χ3n) is 5.05. The summed E-state index contributed by atoms with van der Waals surface area (Å²) in [5, 5.41) is 12.1. The van der Waals surface area contributed by atoms with Crippen LogP contribution in [0.25, 0.3) is 0 Å². The summed E-state index contributed by atoms with van der Waals surface area (Å²) in [6, 6.07) is 16.6. The second-order valence-electron chi connectivity index (χ2n) is 7.11. The van der Waals surface area contributed by atoms with Crippen molar-refractivity contribution < 1.29 is 18.3 Å². The smallest absolute Gasteiger partial charge is 0.223 e. The molecule has 1 saturated heterocycles. The van der Waals surface area contributed by atoms with Gasteiger partial charge in [-0.1, -0.05) is 54.6 Å². The van der Waals surface area contributed by atoms with Gasteiger partial charge in [0, 0.05) is 25.6 Å². The molecule has 0 aliphatic carbocycles. The van der Waals surface area contributed by atoms with Gasteiger partial charge >= 0.3 is 0 Å². The molecule has 0 atom stereocenters. The van der Waals surface area contributed by atoms with Gasteiger partial charge in [0.15, 0.2) is 0 Å². The van der Waals surface area contributed by atoms with E-state index in [4.69, 9.17) is 0 Å². The molecular formula is C21H26N2O4S. The van der Waals surface area contributed by atoms with Crippen LogP contribution in [0, 0.1) is 5.92 Å². The van der Waals surface area contributed by atoms with Gasteiger partial charge in [-0.25, -0.2) is 12.7 Å². The van der Waals surface area contributed by atoms with E-state index in [9.17, 15) is 18.3 Å². The van der Waals surface area contributed by atoms with Crippen LogP contribution in [0.5, 0.6) is 0 Å². The zero-order valence-electron chi connectivity index (χ0n) is 15.8. The summed E-state index contributed by atoms with van der Waals surface area (Å²) >= 11 is 0. The number of sulfonamides is 1. The SMILES string of the molecule is O=C(NCc1cccc(CO)c1)C1CCN(S(=O)(=O)Cc2ccccc2)CC1. The van der Waals surface area contributed by atoms with Gasteiger partial charge in [0.05, 0.1) is 12.4 Å². The number of aliphatic hydroxyl groups is 1. The van der Waals surface area contributed by atoms with Crippen LogP contribution in [0.15, 0.2) is 54.6 Å². The summed E-state index contributed by atoms with van der Waals surface area (Å²) in [6.45, 7) is 1.11. The summed E-state index contributed by atoms with van der Waals surface area (Å²) < 4.78 is 26.7. The number of nitrogens with zero attached hydrogens (tertiary/aromatic N) is 1. The van der Waals surface area contributed by atoms with Crippen molar-refractivity contribution in [1.29, 1.82) is 0 Å². The molecule has 2 aromatic rings. The Kier molecular flexibility index (Phi) is 6.83. The molecule has 0 bridgehead atoms. The lowest BCUT2D eigenvalue weighted by atomic mass is 9.97. The molecule has 28 heavy (non-hydrogen) atoms. The van der Waals surface area contributed by atoms with E-state index >= 15 is 0 Å². The zero-order valence-corrected chi connectivity index (χ0v) is 16.6. The van der Waals surface area contributed by atoms with Crippen LogP contribution in [0.4, 0.5) is 0 Å². The predicted molar refractivity (Wildman–Crippen MR) is 108 cm³/mol. The topological polar surface area (TPSA) is 86.7 Å². The van der Waals surface area contributed by atoms with Crippen LogP contribution in [0.1, 0.15) is 29.5 Å². The Bertz CT molecular complexity index is 892. The Labute approximate surface area is 166 Å². The van der Waals surface area contributed by atoms with Crippen molar-refractivity contribution >= 4 is 15.9 Å². The van der Waals surface area contributed by atoms with E-state index in [0.29, 0.717) is 32.5 Å². The Morgan fingerprint density at radius 3 is 2.32 bits per heavy atom. The highest BCUT2D eigenvalue weighted by Gasteiger charge is 2.31. The zero-order chi connectivity index (χ0) is 20.0. The molecule has 1 heterocycles. The van der Waals surface area contributed by atoms with Crippen molar-refractivity contribution in [3.63, 3.8) is 0 Å². The van der Waals surface area contributed by atoms with Crippen molar-refractivity contribution in [2.45, 2.75) is 31.7 Å². The maximum atomic E-state index is 12.6. The molecule has 2 N–H and O–H groups in total. The van der Waals surface area contributed by atoms with Crippen LogP contribution >= 0.6 is 0 Å². The van der Waals surface area contributed by atoms with Crippen LogP contribution < -0.4 is 5.32 Å². The maximum absolute atomic E-state index is 12.6. The number of amides is 1. The van der Waals surface area contributed by atoms with Crippen molar-refractivity contribution in [1.82, 2.24) is 9.62 Å². The first-order valence-electron chi connectivity index (χ1n) is 9.46. The van der Waals surface area contributed by atoms with Crippen LogP contribution in [0.2, 0.25) is 0 Å². The summed E-state index contributed by atoms with van der Waals surface area (Å²) in [5.41, 5.74) is 2.51. The molecule has 150 valence electrons. The third kappa shape index (κ3) is 5.41. The predicted octanol–water partition coefficient (Wildman–Crippen LogP) is 2.04. The van der Waals surface area contributed by atoms with Crippen molar-refractivity contribution in [3.8, 4) is 0 Å². The standard InChI is InChI=1S/C21H26N2O4S/c24-15-19-8-4-7-18(13-19)14-22-21(25)20-9-11-23(12-10-20)28(26,27)16-17-5-2-1-3-6-17/h1-8,13,20,24H,9-12,14-16H2,(H,22,25). The van der Waals surface area contributed by atoms with E-state index in [1.165, 1.54) is 4.31 Å². The molecule has 0 aromatic heterocycles. The molecular weight excluding hydrogens is 376 g/mol. The summed E-state index contributed by atoms with van der Waals surface area (Å²) in [4.78, 5) is 12.4.